The zero-order chi connectivity index (χ0) is 15.1. The third kappa shape index (κ3) is 4.84. The fourth-order valence-corrected chi connectivity index (χ4v) is 2.25. The lowest BCUT2D eigenvalue weighted by molar-refractivity contribution is -0.145. The van der Waals surface area contributed by atoms with E-state index in [9.17, 15) is 14.4 Å². The number of aliphatic carboxylic acids is 2. The molecular weight excluding hydrogens is 286 g/mol. The Balaban J connectivity index is 2.60. The molecule has 1 unspecified atom stereocenters. The molecule has 4 N–H and O–H groups in total. The van der Waals surface area contributed by atoms with Gasteiger partial charge < -0.3 is 20.8 Å². The zero-order valence-corrected chi connectivity index (χ0v) is 11.5. The lowest BCUT2D eigenvalue weighted by Crippen LogP contribution is -2.47. The third-order valence-corrected chi connectivity index (χ3v) is 3.33. The standard InChI is InChI=1S/C11H15N3O5S/c1-2-6(9-12-3-4-20-9)13-11(19)14-7(10(17)18)5-8(15)16/h3-4,6-7H,2,5H2,1H3,(H,15,16)(H,17,18)(H2,13,14,19)/t6?,7-/m0/s1. The van der Waals surface area contributed by atoms with Gasteiger partial charge in [0.25, 0.3) is 0 Å². The Kier molecular flexibility index (Phi) is 5.91. The van der Waals surface area contributed by atoms with Gasteiger partial charge in [0.1, 0.15) is 11.0 Å². The fraction of sp³-hybridized carbons (Fsp3) is 0.455. The number of aromatic nitrogens is 1. The van der Waals surface area contributed by atoms with Gasteiger partial charge in [0, 0.05) is 11.6 Å². The maximum absolute atomic E-state index is 11.7. The van der Waals surface area contributed by atoms with Gasteiger partial charge in [0.05, 0.1) is 12.5 Å². The number of carbonyl (C=O) groups is 3. The monoisotopic (exact) mass is 301 g/mol. The lowest BCUT2D eigenvalue weighted by Gasteiger charge is -2.17. The van der Waals surface area contributed by atoms with Crippen LogP contribution in [0.4, 0.5) is 4.79 Å². The van der Waals surface area contributed by atoms with Crippen LogP contribution in [0.2, 0.25) is 0 Å². The molecule has 0 spiro atoms. The van der Waals surface area contributed by atoms with Crippen LogP contribution in [0, 0.1) is 0 Å². The van der Waals surface area contributed by atoms with Crippen molar-refractivity contribution >= 4 is 29.3 Å². The molecule has 20 heavy (non-hydrogen) atoms. The number of hydrogen-bond acceptors (Lipinski definition) is 5. The van der Waals surface area contributed by atoms with Crippen molar-refractivity contribution in [3.8, 4) is 0 Å². The number of rotatable bonds is 7. The number of carboxylic acid groups (broad SMARTS) is 2. The summed E-state index contributed by atoms with van der Waals surface area (Å²) < 4.78 is 0. The number of carbonyl (C=O) groups excluding carboxylic acids is 1. The van der Waals surface area contributed by atoms with Gasteiger partial charge in [-0.1, -0.05) is 6.92 Å². The molecule has 2 amide bonds. The van der Waals surface area contributed by atoms with Crippen LogP contribution in [0.1, 0.15) is 30.8 Å². The number of nitrogens with zero attached hydrogens (tertiary/aromatic N) is 1. The molecule has 0 aliphatic rings. The van der Waals surface area contributed by atoms with E-state index in [2.05, 4.69) is 15.6 Å². The topological polar surface area (TPSA) is 129 Å². The van der Waals surface area contributed by atoms with Gasteiger partial charge in [-0.3, -0.25) is 4.79 Å². The summed E-state index contributed by atoms with van der Waals surface area (Å²) in [4.78, 5) is 37.1. The molecule has 8 nitrogen and oxygen atoms in total. The molecule has 0 saturated carbocycles. The van der Waals surface area contributed by atoms with E-state index in [0.29, 0.717) is 11.4 Å². The highest BCUT2D eigenvalue weighted by atomic mass is 32.1. The normalized spacial score (nSPS) is 13.2. The molecule has 0 aliphatic heterocycles. The lowest BCUT2D eigenvalue weighted by atomic mass is 10.2. The van der Waals surface area contributed by atoms with Crippen molar-refractivity contribution in [3.05, 3.63) is 16.6 Å². The molecule has 0 saturated heterocycles. The second-order valence-corrected chi connectivity index (χ2v) is 4.86. The SMILES string of the molecule is CCC(NC(=O)N[C@@H](CC(=O)O)C(=O)O)c1nccs1. The van der Waals surface area contributed by atoms with Crippen LogP contribution >= 0.6 is 11.3 Å². The summed E-state index contributed by atoms with van der Waals surface area (Å²) in [6, 6.07) is -2.55. The Morgan fingerprint density at radius 1 is 1.35 bits per heavy atom. The van der Waals surface area contributed by atoms with Crippen molar-refractivity contribution in [1.82, 2.24) is 15.6 Å². The molecule has 0 fully saturated rings. The minimum absolute atomic E-state index is 0.339. The second kappa shape index (κ2) is 7.43. The first-order valence-electron chi connectivity index (χ1n) is 5.85. The number of carboxylic acids is 2. The summed E-state index contributed by atoms with van der Waals surface area (Å²) in [6.07, 6.45) is 1.50. The zero-order valence-electron chi connectivity index (χ0n) is 10.7. The summed E-state index contributed by atoms with van der Waals surface area (Å²) in [5.74, 6) is -2.70. The molecule has 0 bridgehead atoms. The van der Waals surface area contributed by atoms with Crippen LogP contribution in [-0.2, 0) is 9.59 Å². The first kappa shape index (κ1) is 15.9. The molecular formula is C11H15N3O5S. The Morgan fingerprint density at radius 2 is 2.05 bits per heavy atom. The summed E-state index contributed by atoms with van der Waals surface area (Å²) >= 11 is 1.37. The van der Waals surface area contributed by atoms with E-state index >= 15 is 0 Å². The molecule has 9 heteroatoms. The quantitative estimate of drug-likeness (QED) is 0.590. The predicted octanol–water partition coefficient (Wildman–Crippen LogP) is 0.821. The maximum Gasteiger partial charge on any atom is 0.326 e. The van der Waals surface area contributed by atoms with E-state index in [1.165, 1.54) is 11.3 Å². The van der Waals surface area contributed by atoms with Gasteiger partial charge >= 0.3 is 18.0 Å². The minimum Gasteiger partial charge on any atom is -0.481 e. The minimum atomic E-state index is -1.47. The van der Waals surface area contributed by atoms with E-state index in [1.54, 1.807) is 11.6 Å². The van der Waals surface area contributed by atoms with E-state index in [0.717, 1.165) is 0 Å². The molecule has 110 valence electrons. The van der Waals surface area contributed by atoms with E-state index in [4.69, 9.17) is 10.2 Å². The fourth-order valence-electron chi connectivity index (χ4n) is 1.48. The molecule has 0 aliphatic carbocycles. The summed E-state index contributed by atoms with van der Waals surface area (Å²) in [5, 5.41) is 24.6. The van der Waals surface area contributed by atoms with Gasteiger partial charge in [-0.25, -0.2) is 14.6 Å². The Hall–Kier alpha value is -2.16. The van der Waals surface area contributed by atoms with Crippen molar-refractivity contribution in [2.75, 3.05) is 0 Å². The van der Waals surface area contributed by atoms with Crippen LogP contribution in [0.3, 0.4) is 0 Å². The first-order valence-corrected chi connectivity index (χ1v) is 6.73. The molecule has 1 aromatic rings. The molecule has 0 aromatic carbocycles. The number of amides is 2. The second-order valence-electron chi connectivity index (χ2n) is 3.94. The van der Waals surface area contributed by atoms with E-state index in [-0.39, 0.29) is 6.04 Å². The van der Waals surface area contributed by atoms with Gasteiger partial charge in [0.2, 0.25) is 0 Å². The van der Waals surface area contributed by atoms with Gasteiger partial charge in [-0.15, -0.1) is 11.3 Å². The van der Waals surface area contributed by atoms with Crippen LogP contribution in [0.5, 0.6) is 0 Å². The Morgan fingerprint density at radius 3 is 2.50 bits per heavy atom. The molecule has 1 aromatic heterocycles. The average Bonchev–Trinajstić information content (AvgIpc) is 2.88. The Bertz CT molecular complexity index is 476. The molecule has 1 heterocycles. The third-order valence-electron chi connectivity index (χ3n) is 2.45. The number of urea groups is 1. The van der Waals surface area contributed by atoms with Crippen molar-refractivity contribution in [1.29, 1.82) is 0 Å². The largest absolute Gasteiger partial charge is 0.481 e. The number of hydrogen-bond donors (Lipinski definition) is 4. The summed E-state index contributed by atoms with van der Waals surface area (Å²) in [6.45, 7) is 1.85. The average molecular weight is 301 g/mol. The number of thiazole rings is 1. The highest BCUT2D eigenvalue weighted by molar-refractivity contribution is 7.09. The van der Waals surface area contributed by atoms with E-state index < -0.39 is 30.4 Å². The van der Waals surface area contributed by atoms with Crippen molar-refractivity contribution in [3.63, 3.8) is 0 Å². The predicted molar refractivity (Wildman–Crippen MR) is 70.5 cm³/mol. The van der Waals surface area contributed by atoms with Crippen LogP contribution in [0.25, 0.3) is 0 Å². The Labute approximate surface area is 118 Å². The van der Waals surface area contributed by atoms with Gasteiger partial charge in [0.15, 0.2) is 0 Å². The van der Waals surface area contributed by atoms with Crippen molar-refractivity contribution in [2.45, 2.75) is 31.8 Å². The first-order chi connectivity index (χ1) is 9.43. The van der Waals surface area contributed by atoms with Crippen LogP contribution in [0.15, 0.2) is 11.6 Å². The van der Waals surface area contributed by atoms with Gasteiger partial charge in [-0.05, 0) is 6.42 Å². The van der Waals surface area contributed by atoms with Crippen LogP contribution in [-0.4, -0.2) is 39.2 Å². The summed E-state index contributed by atoms with van der Waals surface area (Å²) in [5.41, 5.74) is 0. The van der Waals surface area contributed by atoms with Crippen LogP contribution < -0.4 is 10.6 Å². The molecule has 0 radical (unpaired) electrons. The van der Waals surface area contributed by atoms with Crippen molar-refractivity contribution in [2.24, 2.45) is 0 Å². The summed E-state index contributed by atoms with van der Waals surface area (Å²) in [7, 11) is 0. The van der Waals surface area contributed by atoms with Crippen molar-refractivity contribution < 1.29 is 24.6 Å². The molecule has 2 atom stereocenters. The highest BCUT2D eigenvalue weighted by Gasteiger charge is 2.24. The number of nitrogens with one attached hydrogen (secondary N) is 2. The highest BCUT2D eigenvalue weighted by Crippen LogP contribution is 2.18. The smallest absolute Gasteiger partial charge is 0.326 e. The van der Waals surface area contributed by atoms with E-state index in [1.807, 2.05) is 6.92 Å². The maximum atomic E-state index is 11.7. The molecule has 1 rings (SSSR count). The van der Waals surface area contributed by atoms with Gasteiger partial charge in [-0.2, -0.15) is 0 Å².